The molecule has 0 saturated carbocycles. The number of nitriles is 1. The van der Waals surface area contributed by atoms with Crippen LogP contribution in [-0.2, 0) is 6.54 Å². The first-order chi connectivity index (χ1) is 8.69. The van der Waals surface area contributed by atoms with Gasteiger partial charge in [-0.1, -0.05) is 0 Å². The number of hydrogen-bond donors (Lipinski definition) is 2. The summed E-state index contributed by atoms with van der Waals surface area (Å²) in [6.45, 7) is 0.400. The molecule has 0 aromatic carbocycles. The lowest BCUT2D eigenvalue weighted by molar-refractivity contribution is 0.0691. The average molecular weight is 260 g/mol. The van der Waals surface area contributed by atoms with E-state index >= 15 is 0 Å². The molecule has 0 atom stereocenters. The summed E-state index contributed by atoms with van der Waals surface area (Å²) in [7, 11) is 0. The third-order valence-corrected chi connectivity index (χ3v) is 2.93. The molecule has 0 aliphatic heterocycles. The fraction of sp³-hybridized carbons (Fsp3) is 0.0909. The number of aromatic nitrogens is 2. The van der Waals surface area contributed by atoms with Crippen molar-refractivity contribution in [1.29, 1.82) is 5.26 Å². The number of anilines is 1. The quantitative estimate of drug-likeness (QED) is 0.868. The highest BCUT2D eigenvalue weighted by Gasteiger charge is 2.08. The number of carboxylic acids is 1. The van der Waals surface area contributed by atoms with Crippen LogP contribution in [0.5, 0.6) is 0 Å². The summed E-state index contributed by atoms with van der Waals surface area (Å²) < 4.78 is 0. The van der Waals surface area contributed by atoms with E-state index in [-0.39, 0.29) is 5.69 Å². The van der Waals surface area contributed by atoms with Crippen LogP contribution in [0.1, 0.15) is 21.1 Å². The number of nitrogens with zero attached hydrogens (tertiary/aromatic N) is 3. The van der Waals surface area contributed by atoms with Crippen molar-refractivity contribution >= 4 is 23.1 Å². The number of pyridine rings is 1. The first-order valence-corrected chi connectivity index (χ1v) is 5.84. The Morgan fingerprint density at radius 3 is 2.94 bits per heavy atom. The van der Waals surface area contributed by atoms with E-state index in [1.54, 1.807) is 12.1 Å². The van der Waals surface area contributed by atoms with Crippen LogP contribution < -0.4 is 5.32 Å². The minimum Gasteiger partial charge on any atom is -0.476 e. The second kappa shape index (κ2) is 5.25. The Morgan fingerprint density at radius 2 is 2.39 bits per heavy atom. The Bertz CT molecular complexity index is 600. The monoisotopic (exact) mass is 260 g/mol. The highest BCUT2D eigenvalue weighted by Crippen LogP contribution is 2.12. The molecular weight excluding hydrogens is 252 g/mol. The number of aromatic carboxylic acids is 1. The standard InChI is InChI=1S/C11H8N4O2S/c12-3-7-1-2-9(13-4-7)14-5-10-15-8(6-18-10)11(16)17/h1-2,4,6H,5H2,(H,13,14)(H,16,17). The van der Waals surface area contributed by atoms with Crippen LogP contribution in [0, 0.1) is 11.3 Å². The predicted octanol–water partition coefficient (Wildman–Crippen LogP) is 1.72. The molecule has 2 heterocycles. The number of hydrogen-bond acceptors (Lipinski definition) is 6. The molecule has 0 radical (unpaired) electrons. The lowest BCUT2D eigenvalue weighted by Gasteiger charge is -2.02. The van der Waals surface area contributed by atoms with Gasteiger partial charge in [-0.3, -0.25) is 0 Å². The summed E-state index contributed by atoms with van der Waals surface area (Å²) in [6.07, 6.45) is 1.47. The maximum Gasteiger partial charge on any atom is 0.355 e. The molecule has 0 aliphatic rings. The molecule has 0 saturated heterocycles. The van der Waals surface area contributed by atoms with Gasteiger partial charge in [0, 0.05) is 11.6 Å². The molecule has 0 amide bonds. The highest BCUT2D eigenvalue weighted by molar-refractivity contribution is 7.09. The fourth-order valence-corrected chi connectivity index (χ4v) is 1.93. The fourth-order valence-electron chi connectivity index (χ4n) is 1.22. The van der Waals surface area contributed by atoms with E-state index in [4.69, 9.17) is 10.4 Å². The van der Waals surface area contributed by atoms with Gasteiger partial charge in [-0.25, -0.2) is 14.8 Å². The molecule has 0 unspecified atom stereocenters. The summed E-state index contributed by atoms with van der Waals surface area (Å²) >= 11 is 1.27. The van der Waals surface area contributed by atoms with Crippen molar-refractivity contribution < 1.29 is 9.90 Å². The van der Waals surface area contributed by atoms with Crippen LogP contribution in [0.25, 0.3) is 0 Å². The van der Waals surface area contributed by atoms with E-state index in [9.17, 15) is 4.79 Å². The van der Waals surface area contributed by atoms with E-state index in [1.165, 1.54) is 22.9 Å². The van der Waals surface area contributed by atoms with Crippen molar-refractivity contribution in [3.8, 4) is 6.07 Å². The van der Waals surface area contributed by atoms with Gasteiger partial charge in [-0.2, -0.15) is 5.26 Å². The topological polar surface area (TPSA) is 98.9 Å². The first kappa shape index (κ1) is 12.0. The van der Waals surface area contributed by atoms with E-state index in [0.717, 1.165) is 0 Å². The lowest BCUT2D eigenvalue weighted by atomic mass is 10.3. The van der Waals surface area contributed by atoms with Crippen LogP contribution >= 0.6 is 11.3 Å². The molecular formula is C11H8N4O2S. The van der Waals surface area contributed by atoms with Gasteiger partial charge in [0.25, 0.3) is 0 Å². The smallest absolute Gasteiger partial charge is 0.355 e. The molecule has 2 aromatic heterocycles. The molecule has 18 heavy (non-hydrogen) atoms. The normalized spacial score (nSPS) is 9.72. The minimum absolute atomic E-state index is 0.0459. The number of nitrogens with one attached hydrogen (secondary N) is 1. The molecule has 6 nitrogen and oxygen atoms in total. The van der Waals surface area contributed by atoms with Crippen molar-refractivity contribution in [1.82, 2.24) is 9.97 Å². The molecule has 0 spiro atoms. The predicted molar refractivity (Wildman–Crippen MR) is 65.4 cm³/mol. The SMILES string of the molecule is N#Cc1ccc(NCc2nc(C(=O)O)cs2)nc1. The second-order valence-electron chi connectivity index (χ2n) is 3.33. The van der Waals surface area contributed by atoms with Crippen LogP contribution in [0.3, 0.4) is 0 Å². The van der Waals surface area contributed by atoms with Gasteiger partial charge in [0.05, 0.1) is 12.1 Å². The lowest BCUT2D eigenvalue weighted by Crippen LogP contribution is -2.02. The Morgan fingerprint density at radius 1 is 1.56 bits per heavy atom. The molecule has 0 aliphatic carbocycles. The molecule has 0 bridgehead atoms. The summed E-state index contributed by atoms with van der Waals surface area (Å²) in [4.78, 5) is 18.6. The molecule has 2 aromatic rings. The average Bonchev–Trinajstić information content (AvgIpc) is 2.86. The molecule has 7 heteroatoms. The Kier molecular flexibility index (Phi) is 3.50. The minimum atomic E-state index is -1.03. The third-order valence-electron chi connectivity index (χ3n) is 2.08. The van der Waals surface area contributed by atoms with E-state index in [0.29, 0.717) is 22.9 Å². The van der Waals surface area contributed by atoms with Crippen molar-refractivity contribution in [2.45, 2.75) is 6.54 Å². The molecule has 0 fully saturated rings. The maximum atomic E-state index is 10.6. The van der Waals surface area contributed by atoms with E-state index < -0.39 is 5.97 Å². The number of carbonyl (C=O) groups is 1. The number of thiazole rings is 1. The van der Waals surface area contributed by atoms with Crippen LogP contribution in [0.4, 0.5) is 5.82 Å². The molecule has 2 N–H and O–H groups in total. The zero-order chi connectivity index (χ0) is 13.0. The second-order valence-corrected chi connectivity index (χ2v) is 4.27. The maximum absolute atomic E-state index is 10.6. The van der Waals surface area contributed by atoms with E-state index in [2.05, 4.69) is 15.3 Å². The van der Waals surface area contributed by atoms with Crippen molar-refractivity contribution in [2.75, 3.05) is 5.32 Å². The first-order valence-electron chi connectivity index (χ1n) is 4.97. The Balaban J connectivity index is 1.98. The summed E-state index contributed by atoms with van der Waals surface area (Å²) in [5, 5.41) is 22.5. The van der Waals surface area contributed by atoms with Gasteiger partial charge in [0.2, 0.25) is 0 Å². The van der Waals surface area contributed by atoms with Gasteiger partial charge >= 0.3 is 5.97 Å². The summed E-state index contributed by atoms with van der Waals surface area (Å²) in [5.41, 5.74) is 0.535. The largest absolute Gasteiger partial charge is 0.476 e. The zero-order valence-electron chi connectivity index (χ0n) is 9.12. The van der Waals surface area contributed by atoms with Gasteiger partial charge in [-0.15, -0.1) is 11.3 Å². The third kappa shape index (κ3) is 2.81. The number of rotatable bonds is 4. The van der Waals surface area contributed by atoms with E-state index in [1.807, 2.05) is 6.07 Å². The van der Waals surface area contributed by atoms with Crippen LogP contribution in [0.15, 0.2) is 23.7 Å². The zero-order valence-corrected chi connectivity index (χ0v) is 9.94. The molecule has 2 rings (SSSR count). The Hall–Kier alpha value is -2.46. The van der Waals surface area contributed by atoms with Crippen molar-refractivity contribution in [3.05, 3.63) is 40.0 Å². The van der Waals surface area contributed by atoms with Gasteiger partial charge in [0.1, 0.15) is 16.9 Å². The van der Waals surface area contributed by atoms with Crippen molar-refractivity contribution in [3.63, 3.8) is 0 Å². The van der Waals surface area contributed by atoms with Crippen LogP contribution in [-0.4, -0.2) is 21.0 Å². The summed E-state index contributed by atoms with van der Waals surface area (Å²) in [5.74, 6) is -0.421. The van der Waals surface area contributed by atoms with Gasteiger partial charge in [0.15, 0.2) is 5.69 Å². The Labute approximate surface area is 107 Å². The van der Waals surface area contributed by atoms with Gasteiger partial charge in [-0.05, 0) is 12.1 Å². The highest BCUT2D eigenvalue weighted by atomic mass is 32.1. The molecule has 90 valence electrons. The van der Waals surface area contributed by atoms with Crippen LogP contribution in [0.2, 0.25) is 0 Å². The number of carboxylic acid groups (broad SMARTS) is 1. The summed E-state index contributed by atoms with van der Waals surface area (Å²) in [6, 6.07) is 5.32. The van der Waals surface area contributed by atoms with Crippen molar-refractivity contribution in [2.24, 2.45) is 0 Å². The van der Waals surface area contributed by atoms with Gasteiger partial charge < -0.3 is 10.4 Å².